The van der Waals surface area contributed by atoms with Gasteiger partial charge in [0.25, 0.3) is 0 Å². The van der Waals surface area contributed by atoms with Crippen LogP contribution in [-0.4, -0.2) is 4.98 Å². The standard InChI is InChI=1S/C12H13N3/c1-8-7-15-6-5-9(8)10-3-2-4-11(13)12(10)14/h2-7H,13-14H2,1H3. The van der Waals surface area contributed by atoms with E-state index in [4.69, 9.17) is 11.5 Å². The van der Waals surface area contributed by atoms with E-state index < -0.39 is 0 Å². The third-order valence-electron chi connectivity index (χ3n) is 2.45. The lowest BCUT2D eigenvalue weighted by Crippen LogP contribution is -1.97. The molecule has 2 aromatic rings. The van der Waals surface area contributed by atoms with Crippen molar-refractivity contribution < 1.29 is 0 Å². The zero-order valence-electron chi connectivity index (χ0n) is 8.57. The van der Waals surface area contributed by atoms with Gasteiger partial charge in [0.15, 0.2) is 0 Å². The van der Waals surface area contributed by atoms with Crippen molar-refractivity contribution in [2.75, 3.05) is 11.5 Å². The van der Waals surface area contributed by atoms with Crippen LogP contribution >= 0.6 is 0 Å². The first kappa shape index (κ1) is 9.52. The fraction of sp³-hybridized carbons (Fsp3) is 0.0833. The minimum atomic E-state index is 0.615. The topological polar surface area (TPSA) is 64.9 Å². The van der Waals surface area contributed by atoms with Gasteiger partial charge >= 0.3 is 0 Å². The molecule has 0 amide bonds. The van der Waals surface area contributed by atoms with Crippen LogP contribution in [0.1, 0.15) is 5.56 Å². The van der Waals surface area contributed by atoms with Gasteiger partial charge in [0.05, 0.1) is 11.4 Å². The van der Waals surface area contributed by atoms with Gasteiger partial charge in [-0.1, -0.05) is 12.1 Å². The molecule has 4 N–H and O–H groups in total. The Morgan fingerprint density at radius 1 is 1.07 bits per heavy atom. The molecule has 0 saturated carbocycles. The summed E-state index contributed by atoms with van der Waals surface area (Å²) in [6, 6.07) is 7.62. The van der Waals surface area contributed by atoms with Crippen LogP contribution in [0.15, 0.2) is 36.7 Å². The second-order valence-electron chi connectivity index (χ2n) is 3.50. The number of aromatic nitrogens is 1. The van der Waals surface area contributed by atoms with E-state index in [2.05, 4.69) is 4.98 Å². The van der Waals surface area contributed by atoms with Gasteiger partial charge in [-0.2, -0.15) is 0 Å². The molecule has 0 saturated heterocycles. The molecule has 0 atom stereocenters. The highest BCUT2D eigenvalue weighted by Crippen LogP contribution is 2.31. The van der Waals surface area contributed by atoms with Gasteiger partial charge in [-0.3, -0.25) is 4.98 Å². The largest absolute Gasteiger partial charge is 0.397 e. The van der Waals surface area contributed by atoms with E-state index in [1.54, 1.807) is 12.3 Å². The Balaban J connectivity index is 2.65. The highest BCUT2D eigenvalue weighted by molar-refractivity contribution is 5.85. The maximum absolute atomic E-state index is 5.94. The molecular formula is C12H13N3. The predicted octanol–water partition coefficient (Wildman–Crippen LogP) is 2.22. The Labute approximate surface area is 88.8 Å². The van der Waals surface area contributed by atoms with Gasteiger partial charge in [0.2, 0.25) is 0 Å². The Morgan fingerprint density at radius 2 is 1.87 bits per heavy atom. The van der Waals surface area contributed by atoms with Crippen LogP contribution < -0.4 is 11.5 Å². The van der Waals surface area contributed by atoms with Gasteiger partial charge in [-0.15, -0.1) is 0 Å². The highest BCUT2D eigenvalue weighted by Gasteiger charge is 2.06. The molecule has 3 heteroatoms. The number of pyridine rings is 1. The van der Waals surface area contributed by atoms with Crippen molar-refractivity contribution in [3.8, 4) is 11.1 Å². The fourth-order valence-corrected chi connectivity index (χ4v) is 1.59. The zero-order chi connectivity index (χ0) is 10.8. The fourth-order valence-electron chi connectivity index (χ4n) is 1.59. The SMILES string of the molecule is Cc1cnccc1-c1cccc(N)c1N. The van der Waals surface area contributed by atoms with Gasteiger partial charge in [-0.05, 0) is 30.2 Å². The van der Waals surface area contributed by atoms with Crippen LogP contribution in [0.4, 0.5) is 11.4 Å². The molecule has 0 bridgehead atoms. The zero-order valence-corrected chi connectivity index (χ0v) is 8.57. The number of benzene rings is 1. The van der Waals surface area contributed by atoms with E-state index in [1.165, 1.54) is 0 Å². The lowest BCUT2D eigenvalue weighted by Gasteiger charge is -2.09. The van der Waals surface area contributed by atoms with E-state index in [9.17, 15) is 0 Å². The van der Waals surface area contributed by atoms with Crippen molar-refractivity contribution in [1.29, 1.82) is 0 Å². The number of nitrogens with two attached hydrogens (primary N) is 2. The van der Waals surface area contributed by atoms with E-state index >= 15 is 0 Å². The maximum atomic E-state index is 5.94. The number of nitrogens with zero attached hydrogens (tertiary/aromatic N) is 1. The number of hydrogen-bond acceptors (Lipinski definition) is 3. The Bertz CT molecular complexity index is 492. The summed E-state index contributed by atoms with van der Waals surface area (Å²) >= 11 is 0. The molecule has 15 heavy (non-hydrogen) atoms. The number of rotatable bonds is 1. The van der Waals surface area contributed by atoms with Gasteiger partial charge in [0, 0.05) is 18.0 Å². The van der Waals surface area contributed by atoms with Gasteiger partial charge in [-0.25, -0.2) is 0 Å². The van der Waals surface area contributed by atoms with E-state index in [1.807, 2.05) is 31.3 Å². The van der Waals surface area contributed by atoms with Crippen LogP contribution in [0.3, 0.4) is 0 Å². The Morgan fingerprint density at radius 3 is 2.60 bits per heavy atom. The molecule has 1 aromatic carbocycles. The summed E-state index contributed by atoms with van der Waals surface area (Å²) in [7, 11) is 0. The van der Waals surface area contributed by atoms with E-state index in [0.29, 0.717) is 11.4 Å². The molecule has 76 valence electrons. The quantitative estimate of drug-likeness (QED) is 0.692. The summed E-state index contributed by atoms with van der Waals surface area (Å²) < 4.78 is 0. The van der Waals surface area contributed by atoms with Gasteiger partial charge in [0.1, 0.15) is 0 Å². The van der Waals surface area contributed by atoms with Crippen molar-refractivity contribution in [2.24, 2.45) is 0 Å². The van der Waals surface area contributed by atoms with Crippen molar-refractivity contribution >= 4 is 11.4 Å². The summed E-state index contributed by atoms with van der Waals surface area (Å²) in [5, 5.41) is 0. The molecule has 0 unspecified atom stereocenters. The third-order valence-corrected chi connectivity index (χ3v) is 2.45. The van der Waals surface area contributed by atoms with Crippen molar-refractivity contribution in [1.82, 2.24) is 4.98 Å². The first-order valence-corrected chi connectivity index (χ1v) is 4.75. The number of hydrogen-bond donors (Lipinski definition) is 2. The molecular weight excluding hydrogens is 186 g/mol. The molecule has 0 aliphatic heterocycles. The lowest BCUT2D eigenvalue weighted by atomic mass is 10.0. The summed E-state index contributed by atoms with van der Waals surface area (Å²) in [6.45, 7) is 2.00. The molecule has 0 spiro atoms. The molecule has 0 aliphatic rings. The average molecular weight is 199 g/mol. The van der Waals surface area contributed by atoms with Crippen molar-refractivity contribution in [3.63, 3.8) is 0 Å². The molecule has 0 radical (unpaired) electrons. The third kappa shape index (κ3) is 1.64. The Hall–Kier alpha value is -2.03. The highest BCUT2D eigenvalue weighted by atomic mass is 14.7. The van der Waals surface area contributed by atoms with Crippen LogP contribution in [0.25, 0.3) is 11.1 Å². The second-order valence-corrected chi connectivity index (χ2v) is 3.50. The molecule has 1 aromatic heterocycles. The monoisotopic (exact) mass is 199 g/mol. The minimum absolute atomic E-state index is 0.615. The number of para-hydroxylation sites is 1. The molecule has 3 nitrogen and oxygen atoms in total. The van der Waals surface area contributed by atoms with Gasteiger partial charge < -0.3 is 11.5 Å². The molecule has 0 aliphatic carbocycles. The van der Waals surface area contributed by atoms with Crippen molar-refractivity contribution in [2.45, 2.75) is 6.92 Å². The lowest BCUT2D eigenvalue weighted by molar-refractivity contribution is 1.27. The minimum Gasteiger partial charge on any atom is -0.397 e. The van der Waals surface area contributed by atoms with Crippen molar-refractivity contribution in [3.05, 3.63) is 42.2 Å². The van der Waals surface area contributed by atoms with Crippen LogP contribution in [0.5, 0.6) is 0 Å². The first-order chi connectivity index (χ1) is 7.20. The predicted molar refractivity (Wildman–Crippen MR) is 63.2 cm³/mol. The number of aryl methyl sites for hydroxylation is 1. The van der Waals surface area contributed by atoms with Crippen LogP contribution in [-0.2, 0) is 0 Å². The summed E-state index contributed by atoms with van der Waals surface area (Å²) in [5.74, 6) is 0. The van der Waals surface area contributed by atoms with E-state index in [-0.39, 0.29) is 0 Å². The van der Waals surface area contributed by atoms with Crippen LogP contribution in [0, 0.1) is 6.92 Å². The average Bonchev–Trinajstić information content (AvgIpc) is 2.23. The molecule has 2 rings (SSSR count). The summed E-state index contributed by atoms with van der Waals surface area (Å²) in [6.07, 6.45) is 3.57. The van der Waals surface area contributed by atoms with Crippen LogP contribution in [0.2, 0.25) is 0 Å². The summed E-state index contributed by atoms with van der Waals surface area (Å²) in [4.78, 5) is 4.05. The second kappa shape index (κ2) is 3.61. The number of nitrogen functional groups attached to an aromatic ring is 2. The Kier molecular flexibility index (Phi) is 2.29. The number of anilines is 2. The normalized spacial score (nSPS) is 10.2. The first-order valence-electron chi connectivity index (χ1n) is 4.75. The molecule has 0 fully saturated rings. The summed E-state index contributed by atoms with van der Waals surface area (Å²) in [5.41, 5.74) is 16.1. The maximum Gasteiger partial charge on any atom is 0.0627 e. The molecule has 1 heterocycles. The smallest absolute Gasteiger partial charge is 0.0627 e. The van der Waals surface area contributed by atoms with E-state index in [0.717, 1.165) is 16.7 Å².